The molecule has 8 nitrogen and oxygen atoms in total. The van der Waals surface area contributed by atoms with Crippen LogP contribution in [0.1, 0.15) is 45.1 Å². The van der Waals surface area contributed by atoms with Gasteiger partial charge in [-0.05, 0) is 66.4 Å². The maximum absolute atomic E-state index is 14.1. The average molecular weight is 525 g/mol. The third kappa shape index (κ3) is 2.95. The molecule has 9 atom stereocenters. The molecule has 4 saturated carbocycles. The van der Waals surface area contributed by atoms with Crippen molar-refractivity contribution in [2.75, 3.05) is 13.7 Å². The van der Waals surface area contributed by atoms with Crippen LogP contribution in [0.15, 0.2) is 42.5 Å². The number of carbonyl (C=O) groups is 2. The summed E-state index contributed by atoms with van der Waals surface area (Å²) >= 11 is 0. The number of hydrogen-bond acceptors (Lipinski definition) is 8. The number of hydrogen-bond donors (Lipinski definition) is 3. The molecule has 2 saturated heterocycles. The molecule has 4 bridgehead atoms. The molecule has 0 aromatic heterocycles. The lowest BCUT2D eigenvalue weighted by Gasteiger charge is -2.74. The highest BCUT2D eigenvalue weighted by atomic mass is 16.6. The van der Waals surface area contributed by atoms with Gasteiger partial charge in [0.1, 0.15) is 23.4 Å². The van der Waals surface area contributed by atoms with Gasteiger partial charge in [-0.25, -0.2) is 4.79 Å². The van der Waals surface area contributed by atoms with Gasteiger partial charge in [0, 0.05) is 23.3 Å². The first-order valence-electron chi connectivity index (χ1n) is 13.4. The minimum Gasteiger partial charge on any atom is -0.497 e. The molecule has 204 valence electrons. The summed E-state index contributed by atoms with van der Waals surface area (Å²) in [6.07, 6.45) is 1.80. The van der Waals surface area contributed by atoms with Gasteiger partial charge < -0.3 is 29.5 Å². The van der Waals surface area contributed by atoms with Crippen LogP contribution in [0.4, 0.5) is 0 Å². The molecule has 38 heavy (non-hydrogen) atoms. The van der Waals surface area contributed by atoms with Gasteiger partial charge in [-0.1, -0.05) is 32.6 Å². The fourth-order valence-corrected chi connectivity index (χ4v) is 9.08. The molecule has 0 radical (unpaired) electrons. The third-order valence-corrected chi connectivity index (χ3v) is 10.6. The van der Waals surface area contributed by atoms with Gasteiger partial charge in [-0.3, -0.25) is 4.79 Å². The predicted molar refractivity (Wildman–Crippen MR) is 137 cm³/mol. The molecule has 7 rings (SSSR count). The van der Waals surface area contributed by atoms with E-state index < -0.39 is 69.9 Å². The molecule has 2 aliphatic heterocycles. The lowest BCUT2D eigenvalue weighted by atomic mass is 9.35. The lowest BCUT2D eigenvalue weighted by Crippen LogP contribution is -2.85. The first kappa shape index (κ1) is 25.7. The summed E-state index contributed by atoms with van der Waals surface area (Å²) in [5, 5.41) is 35.5. The molecule has 2 spiro atoms. The van der Waals surface area contributed by atoms with Crippen LogP contribution in [0, 0.1) is 34.0 Å². The molecule has 6 aliphatic rings. The van der Waals surface area contributed by atoms with Gasteiger partial charge in [-0.2, -0.15) is 0 Å². The first-order chi connectivity index (χ1) is 17.9. The van der Waals surface area contributed by atoms with Crippen LogP contribution in [0.2, 0.25) is 0 Å². The maximum Gasteiger partial charge on any atom is 0.331 e. The van der Waals surface area contributed by atoms with Crippen LogP contribution in [0.5, 0.6) is 5.75 Å². The van der Waals surface area contributed by atoms with E-state index >= 15 is 0 Å². The highest BCUT2D eigenvalue weighted by molar-refractivity contribution is 6.05. The number of esters is 1. The van der Waals surface area contributed by atoms with Crippen molar-refractivity contribution >= 4 is 17.8 Å². The number of fused-ring (bicyclic) bond motifs is 2. The molecule has 1 aromatic carbocycles. The molecular formula is C30H36O8. The SMILES string of the molecule is C=C1C(=O)[C@]23[C@H](OC(=O)/C=C/c4ccc(OC)cc4)[C@H]1CC[C@H]2[C@@]12CO[C@]3(O)[C@@H](O)[C@@H]1C(C)(C)CC[C@@H]2O. The van der Waals surface area contributed by atoms with E-state index in [0.29, 0.717) is 31.4 Å². The van der Waals surface area contributed by atoms with Crippen molar-refractivity contribution in [3.8, 4) is 5.75 Å². The van der Waals surface area contributed by atoms with E-state index in [9.17, 15) is 24.9 Å². The Labute approximate surface area is 222 Å². The number of benzene rings is 1. The van der Waals surface area contributed by atoms with Crippen molar-refractivity contribution in [3.63, 3.8) is 0 Å². The number of methoxy groups -OCH3 is 1. The van der Waals surface area contributed by atoms with E-state index in [1.165, 1.54) is 6.08 Å². The Hall–Kier alpha value is -2.52. The van der Waals surface area contributed by atoms with E-state index in [1.54, 1.807) is 37.5 Å². The molecule has 3 N–H and O–H groups in total. The zero-order valence-electron chi connectivity index (χ0n) is 22.1. The number of carbonyl (C=O) groups excluding carboxylic acids is 2. The van der Waals surface area contributed by atoms with Gasteiger partial charge >= 0.3 is 5.97 Å². The Kier molecular flexibility index (Phi) is 5.58. The molecule has 0 amide bonds. The first-order valence-corrected chi connectivity index (χ1v) is 13.4. The zero-order valence-corrected chi connectivity index (χ0v) is 22.1. The van der Waals surface area contributed by atoms with E-state index in [2.05, 4.69) is 6.58 Å². The smallest absolute Gasteiger partial charge is 0.331 e. The zero-order chi connectivity index (χ0) is 27.3. The summed E-state index contributed by atoms with van der Waals surface area (Å²) in [5.41, 5.74) is -2.06. The van der Waals surface area contributed by atoms with E-state index in [-0.39, 0.29) is 12.2 Å². The Morgan fingerprint density at radius 3 is 2.55 bits per heavy atom. The minimum absolute atomic E-state index is 0.0324. The second kappa shape index (κ2) is 8.24. The number of aliphatic hydroxyl groups is 3. The van der Waals surface area contributed by atoms with Crippen molar-refractivity contribution in [1.82, 2.24) is 0 Å². The van der Waals surface area contributed by atoms with Crippen LogP contribution >= 0.6 is 0 Å². The maximum atomic E-state index is 14.1. The number of rotatable bonds is 4. The van der Waals surface area contributed by atoms with Crippen molar-refractivity contribution in [2.45, 2.75) is 63.6 Å². The van der Waals surface area contributed by atoms with Crippen LogP contribution in [-0.2, 0) is 19.1 Å². The fourth-order valence-electron chi connectivity index (χ4n) is 9.08. The summed E-state index contributed by atoms with van der Waals surface area (Å²) in [5.74, 6) is -4.21. The third-order valence-electron chi connectivity index (χ3n) is 10.6. The highest BCUT2D eigenvalue weighted by Gasteiger charge is 2.87. The van der Waals surface area contributed by atoms with Crippen molar-refractivity contribution < 1.29 is 39.1 Å². The van der Waals surface area contributed by atoms with E-state index in [4.69, 9.17) is 14.2 Å². The van der Waals surface area contributed by atoms with Crippen LogP contribution in [0.25, 0.3) is 6.08 Å². The normalized spacial score (nSPS) is 44.6. The summed E-state index contributed by atoms with van der Waals surface area (Å²) < 4.78 is 17.2. The van der Waals surface area contributed by atoms with Gasteiger partial charge in [0.15, 0.2) is 5.78 Å². The second-order valence-corrected chi connectivity index (χ2v) is 12.5. The largest absolute Gasteiger partial charge is 0.497 e. The van der Waals surface area contributed by atoms with Crippen molar-refractivity contribution in [3.05, 3.63) is 48.1 Å². The Morgan fingerprint density at radius 2 is 1.87 bits per heavy atom. The van der Waals surface area contributed by atoms with E-state index in [1.807, 2.05) is 13.8 Å². The van der Waals surface area contributed by atoms with Gasteiger partial charge in [0.25, 0.3) is 0 Å². The summed E-state index contributed by atoms with van der Waals surface area (Å²) in [6, 6.07) is 7.15. The van der Waals surface area contributed by atoms with Crippen molar-refractivity contribution in [1.29, 1.82) is 0 Å². The molecule has 0 unspecified atom stereocenters. The van der Waals surface area contributed by atoms with E-state index in [0.717, 1.165) is 5.56 Å². The summed E-state index contributed by atoms with van der Waals surface area (Å²) in [7, 11) is 1.57. The highest BCUT2D eigenvalue weighted by Crippen LogP contribution is 2.76. The monoisotopic (exact) mass is 524 g/mol. The molecule has 1 aromatic rings. The van der Waals surface area contributed by atoms with Gasteiger partial charge in [0.05, 0.1) is 19.8 Å². The fraction of sp³-hybridized carbons (Fsp3) is 0.600. The van der Waals surface area contributed by atoms with Gasteiger partial charge in [0.2, 0.25) is 5.79 Å². The lowest BCUT2D eigenvalue weighted by molar-refractivity contribution is -0.458. The van der Waals surface area contributed by atoms with Crippen LogP contribution in [0.3, 0.4) is 0 Å². The molecule has 8 heteroatoms. The minimum atomic E-state index is -2.27. The van der Waals surface area contributed by atoms with Gasteiger partial charge in [-0.15, -0.1) is 0 Å². The van der Waals surface area contributed by atoms with Crippen molar-refractivity contribution in [2.24, 2.45) is 34.0 Å². The van der Waals surface area contributed by atoms with Crippen LogP contribution in [-0.4, -0.2) is 64.9 Å². The quantitative estimate of drug-likeness (QED) is 0.406. The predicted octanol–water partition coefficient (Wildman–Crippen LogP) is 2.65. The second-order valence-electron chi connectivity index (χ2n) is 12.5. The van der Waals surface area contributed by atoms with Crippen LogP contribution < -0.4 is 4.74 Å². The number of ether oxygens (including phenoxy) is 3. The number of ketones is 1. The average Bonchev–Trinajstić information content (AvgIpc) is 3.00. The molecule has 6 fully saturated rings. The number of aliphatic hydroxyl groups excluding tert-OH is 2. The molecule has 4 aliphatic carbocycles. The topological polar surface area (TPSA) is 123 Å². The Bertz CT molecular complexity index is 1220. The summed E-state index contributed by atoms with van der Waals surface area (Å²) in [6.45, 7) is 8.14. The summed E-state index contributed by atoms with van der Waals surface area (Å²) in [4.78, 5) is 27.2. The number of Topliss-reactive ketones (excluding diaryl/α,β-unsaturated/α-hetero) is 1. The Morgan fingerprint density at radius 1 is 1.16 bits per heavy atom. The standard InChI is InChI=1S/C30H36O8/c1-16-19-10-11-20-28-15-37-30(35,25(34)23(28)27(2,3)14-13-21(28)31)29(20,24(16)33)26(19)38-22(32)12-7-17-5-8-18(36-4)9-6-17/h5-9,12,19-21,23,25-26,31,34-35H,1,10-11,13-15H2,2-4H3/b12-7+/t19-,20-,21-,23+,25-,26+,28+,29-,30+/m0/s1. The Balaban J connectivity index is 1.41. The molecular weight excluding hydrogens is 488 g/mol. The molecule has 2 heterocycles.